The molecule has 1 fully saturated rings. The van der Waals surface area contributed by atoms with Crippen LogP contribution >= 0.6 is 0 Å². The van der Waals surface area contributed by atoms with Crippen molar-refractivity contribution in [2.24, 2.45) is 0 Å². The number of likely N-dealkylation sites (N-methyl/N-ethyl adjacent to an activating group) is 1. The number of hydrogen-bond acceptors (Lipinski definition) is 2. The molecule has 0 saturated carbocycles. The zero-order valence-electron chi connectivity index (χ0n) is 12.4. The van der Waals surface area contributed by atoms with Gasteiger partial charge in [-0.1, -0.05) is 25.5 Å². The highest BCUT2D eigenvalue weighted by molar-refractivity contribution is 5.78. The number of nitrogens with zero attached hydrogens (tertiary/aromatic N) is 2. The number of hydrogen-bond donors (Lipinski definition) is 1. The second-order valence-electron chi connectivity index (χ2n) is 5.79. The smallest absolute Gasteiger partial charge is 0.305 e. The van der Waals surface area contributed by atoms with E-state index in [4.69, 9.17) is 0 Å². The lowest BCUT2D eigenvalue weighted by molar-refractivity contribution is 0.140. The number of imidazole rings is 1. The van der Waals surface area contributed by atoms with E-state index in [9.17, 15) is 4.79 Å². The zero-order valence-corrected chi connectivity index (χ0v) is 12.4. The molecule has 0 aliphatic carbocycles. The second-order valence-corrected chi connectivity index (χ2v) is 5.79. The number of rotatable bonds is 3. The molecule has 0 radical (unpaired) electrons. The number of fused-ring (bicyclic) bond motifs is 1. The number of benzene rings is 1. The molecule has 0 bridgehead atoms. The van der Waals surface area contributed by atoms with E-state index < -0.39 is 0 Å². The van der Waals surface area contributed by atoms with Gasteiger partial charge in [0.25, 0.3) is 0 Å². The number of likely N-dealkylation sites (tertiary alicyclic amines) is 1. The molecule has 0 amide bonds. The summed E-state index contributed by atoms with van der Waals surface area (Å²) in [6.07, 6.45) is 3.75. The van der Waals surface area contributed by atoms with Crippen molar-refractivity contribution in [2.75, 3.05) is 13.1 Å². The summed E-state index contributed by atoms with van der Waals surface area (Å²) in [7, 11) is 0. The maximum absolute atomic E-state index is 12.2. The van der Waals surface area contributed by atoms with Crippen molar-refractivity contribution in [3.8, 4) is 0 Å². The van der Waals surface area contributed by atoms with Crippen molar-refractivity contribution < 1.29 is 0 Å². The van der Waals surface area contributed by atoms with Gasteiger partial charge in [-0.15, -0.1) is 0 Å². The van der Waals surface area contributed by atoms with Gasteiger partial charge in [-0.2, -0.15) is 0 Å². The minimum absolute atomic E-state index is 0.0240. The number of H-pyrrole nitrogens is 1. The zero-order chi connectivity index (χ0) is 14.1. The minimum atomic E-state index is 0.0240. The maximum Gasteiger partial charge on any atom is 0.326 e. The van der Waals surface area contributed by atoms with Gasteiger partial charge in [-0.05, 0) is 44.5 Å². The summed E-state index contributed by atoms with van der Waals surface area (Å²) in [5.41, 5.74) is 3.18. The summed E-state index contributed by atoms with van der Waals surface area (Å²) < 4.78 is 1.92. The van der Waals surface area contributed by atoms with Crippen LogP contribution in [0.5, 0.6) is 0 Å². The van der Waals surface area contributed by atoms with Gasteiger partial charge in [0.15, 0.2) is 0 Å². The Morgan fingerprint density at radius 2 is 2.20 bits per heavy atom. The van der Waals surface area contributed by atoms with Crippen molar-refractivity contribution in [1.82, 2.24) is 14.5 Å². The highest BCUT2D eigenvalue weighted by Crippen LogP contribution is 2.20. The average Bonchev–Trinajstić information content (AvgIpc) is 2.78. The van der Waals surface area contributed by atoms with Crippen molar-refractivity contribution in [2.45, 2.75) is 45.7 Å². The lowest BCUT2D eigenvalue weighted by Gasteiger charge is -2.34. The van der Waals surface area contributed by atoms with Gasteiger partial charge in [0.05, 0.1) is 11.0 Å². The summed E-state index contributed by atoms with van der Waals surface area (Å²) in [4.78, 5) is 17.8. The standard InChI is InChI=1S/C16H23N3O/c1-3-18-10-5-4-8-13(18)11-19-14-9-6-7-12(2)15(14)17-16(19)20/h6-7,9,13H,3-5,8,10-11H2,1-2H3,(H,17,20). The maximum atomic E-state index is 12.2. The predicted octanol–water partition coefficient (Wildman–Crippen LogP) is 2.51. The normalized spacial score (nSPS) is 20.6. The van der Waals surface area contributed by atoms with Crippen LogP contribution in [-0.4, -0.2) is 33.6 Å². The predicted molar refractivity (Wildman–Crippen MR) is 82.2 cm³/mol. The Hall–Kier alpha value is -1.55. The first-order chi connectivity index (χ1) is 9.70. The lowest BCUT2D eigenvalue weighted by Crippen LogP contribution is -2.43. The summed E-state index contributed by atoms with van der Waals surface area (Å²) in [6, 6.07) is 6.60. The number of aryl methyl sites for hydroxylation is 1. The molecule has 1 saturated heterocycles. The highest BCUT2D eigenvalue weighted by atomic mass is 16.1. The van der Waals surface area contributed by atoms with E-state index >= 15 is 0 Å². The second kappa shape index (κ2) is 5.44. The largest absolute Gasteiger partial charge is 0.326 e. The topological polar surface area (TPSA) is 41.0 Å². The molecule has 1 aliphatic rings. The molecule has 1 aliphatic heterocycles. The molecule has 1 aromatic heterocycles. The van der Waals surface area contributed by atoms with Crippen molar-refractivity contribution in [1.29, 1.82) is 0 Å². The van der Waals surface area contributed by atoms with Crippen LogP contribution in [0.1, 0.15) is 31.7 Å². The van der Waals surface area contributed by atoms with E-state index in [-0.39, 0.29) is 5.69 Å². The minimum Gasteiger partial charge on any atom is -0.305 e. The van der Waals surface area contributed by atoms with E-state index in [1.165, 1.54) is 19.3 Å². The summed E-state index contributed by atoms with van der Waals surface area (Å²) >= 11 is 0. The molecule has 3 rings (SSSR count). The van der Waals surface area contributed by atoms with Crippen molar-refractivity contribution in [3.05, 3.63) is 34.2 Å². The Morgan fingerprint density at radius 1 is 1.35 bits per heavy atom. The Labute approximate surface area is 119 Å². The van der Waals surface area contributed by atoms with Crippen LogP contribution in [0.4, 0.5) is 0 Å². The molecule has 1 unspecified atom stereocenters. The monoisotopic (exact) mass is 273 g/mol. The van der Waals surface area contributed by atoms with Gasteiger partial charge in [0, 0.05) is 12.6 Å². The number of aromatic amines is 1. The van der Waals surface area contributed by atoms with Crippen LogP contribution < -0.4 is 5.69 Å². The van der Waals surface area contributed by atoms with Crippen molar-refractivity contribution >= 4 is 11.0 Å². The fourth-order valence-electron chi connectivity index (χ4n) is 3.40. The molecule has 2 aromatic rings. The fourth-order valence-corrected chi connectivity index (χ4v) is 3.40. The molecule has 0 spiro atoms. The summed E-state index contributed by atoms with van der Waals surface area (Å²) in [5.74, 6) is 0. The molecule has 20 heavy (non-hydrogen) atoms. The van der Waals surface area contributed by atoms with Crippen molar-refractivity contribution in [3.63, 3.8) is 0 Å². The summed E-state index contributed by atoms with van der Waals surface area (Å²) in [5, 5.41) is 0. The first kappa shape index (κ1) is 13.4. The molecule has 4 heteroatoms. The van der Waals surface area contributed by atoms with Gasteiger partial charge < -0.3 is 4.98 Å². The third-order valence-corrected chi connectivity index (χ3v) is 4.57. The van der Waals surface area contributed by atoms with Gasteiger partial charge in [-0.25, -0.2) is 4.79 Å². The van der Waals surface area contributed by atoms with E-state index in [0.29, 0.717) is 6.04 Å². The molecular weight excluding hydrogens is 250 g/mol. The van der Waals surface area contributed by atoms with Crippen LogP contribution in [0.25, 0.3) is 11.0 Å². The Morgan fingerprint density at radius 3 is 3.00 bits per heavy atom. The molecule has 1 atom stereocenters. The quantitative estimate of drug-likeness (QED) is 0.933. The molecule has 2 heterocycles. The highest BCUT2D eigenvalue weighted by Gasteiger charge is 2.22. The Bertz CT molecular complexity index is 655. The third kappa shape index (κ3) is 2.29. The molecule has 1 N–H and O–H groups in total. The van der Waals surface area contributed by atoms with E-state index in [0.717, 1.165) is 36.2 Å². The van der Waals surface area contributed by atoms with E-state index in [1.807, 2.05) is 29.7 Å². The third-order valence-electron chi connectivity index (χ3n) is 4.57. The van der Waals surface area contributed by atoms with Gasteiger partial charge in [0.1, 0.15) is 0 Å². The van der Waals surface area contributed by atoms with Crippen LogP contribution in [0.2, 0.25) is 0 Å². The molecule has 4 nitrogen and oxygen atoms in total. The lowest BCUT2D eigenvalue weighted by atomic mass is 10.0. The molecule has 108 valence electrons. The van der Waals surface area contributed by atoms with Gasteiger partial charge in [0.2, 0.25) is 0 Å². The van der Waals surface area contributed by atoms with Crippen LogP contribution in [0.3, 0.4) is 0 Å². The first-order valence-corrected chi connectivity index (χ1v) is 7.63. The van der Waals surface area contributed by atoms with Gasteiger partial charge in [-0.3, -0.25) is 9.47 Å². The summed E-state index contributed by atoms with van der Waals surface area (Å²) in [6.45, 7) is 7.29. The van der Waals surface area contributed by atoms with E-state index in [1.54, 1.807) is 0 Å². The number of nitrogens with one attached hydrogen (secondary N) is 1. The molecular formula is C16H23N3O. The first-order valence-electron chi connectivity index (χ1n) is 7.63. The van der Waals surface area contributed by atoms with Crippen LogP contribution in [0.15, 0.2) is 23.0 Å². The Balaban J connectivity index is 1.96. The van der Waals surface area contributed by atoms with E-state index in [2.05, 4.69) is 16.8 Å². The molecule has 1 aromatic carbocycles. The average molecular weight is 273 g/mol. The number of piperidine rings is 1. The number of para-hydroxylation sites is 1. The van der Waals surface area contributed by atoms with Crippen LogP contribution in [0, 0.1) is 6.92 Å². The fraction of sp³-hybridized carbons (Fsp3) is 0.562. The number of aromatic nitrogens is 2. The Kier molecular flexibility index (Phi) is 3.66. The SMILES string of the molecule is CCN1CCCCC1Cn1c(=O)[nH]c2c(C)cccc21. The van der Waals surface area contributed by atoms with Crippen LogP contribution in [-0.2, 0) is 6.54 Å². The van der Waals surface area contributed by atoms with Gasteiger partial charge >= 0.3 is 5.69 Å².